The molecule has 3 N–H and O–H groups in total. The summed E-state index contributed by atoms with van der Waals surface area (Å²) >= 11 is 0. The molecule has 0 spiro atoms. The van der Waals surface area contributed by atoms with Gasteiger partial charge in [0.15, 0.2) is 0 Å². The summed E-state index contributed by atoms with van der Waals surface area (Å²) in [7, 11) is 0. The molecule has 0 saturated heterocycles. The molecule has 1 amide bonds. The molecule has 0 fully saturated rings. The Kier molecular flexibility index (Phi) is 7.24. The summed E-state index contributed by atoms with van der Waals surface area (Å²) in [5.74, 6) is -1.25. The molecule has 4 nitrogen and oxygen atoms in total. The number of hydrogen-bond acceptors (Lipinski definition) is 3. The van der Waals surface area contributed by atoms with Crippen molar-refractivity contribution in [3.8, 4) is 5.75 Å². The van der Waals surface area contributed by atoms with Gasteiger partial charge in [0.2, 0.25) is 5.91 Å². The smallest absolute Gasteiger partial charge is 0.387 e. The van der Waals surface area contributed by atoms with E-state index < -0.39 is 18.4 Å². The summed E-state index contributed by atoms with van der Waals surface area (Å²) in [6.07, 6.45) is 0.357. The van der Waals surface area contributed by atoms with Crippen LogP contribution in [0.15, 0.2) is 36.4 Å². The fraction of sp³-hybridized carbons (Fsp3) is 0.350. The van der Waals surface area contributed by atoms with Crippen LogP contribution in [0.25, 0.3) is 0 Å². The van der Waals surface area contributed by atoms with Crippen molar-refractivity contribution in [2.75, 3.05) is 6.54 Å². The lowest BCUT2D eigenvalue weighted by molar-refractivity contribution is -0.121. The van der Waals surface area contributed by atoms with E-state index in [4.69, 9.17) is 5.73 Å². The molecule has 0 bridgehead atoms. The minimum absolute atomic E-state index is 0.106. The number of hydrogen-bond donors (Lipinski definition) is 2. The Morgan fingerprint density at radius 1 is 1.15 bits per heavy atom. The van der Waals surface area contributed by atoms with Crippen molar-refractivity contribution in [2.24, 2.45) is 11.7 Å². The second-order valence-corrected chi connectivity index (χ2v) is 6.48. The first-order valence-corrected chi connectivity index (χ1v) is 8.55. The van der Waals surface area contributed by atoms with Crippen LogP contribution >= 0.6 is 0 Å². The van der Waals surface area contributed by atoms with Crippen LogP contribution in [0.5, 0.6) is 5.75 Å². The number of amides is 1. The molecule has 0 aliphatic heterocycles. The Hall–Kier alpha value is -2.54. The highest BCUT2D eigenvalue weighted by atomic mass is 19.3. The summed E-state index contributed by atoms with van der Waals surface area (Å²) < 4.78 is 42.8. The molecule has 146 valence electrons. The van der Waals surface area contributed by atoms with E-state index in [0.717, 1.165) is 16.7 Å². The van der Waals surface area contributed by atoms with Crippen LogP contribution in [-0.4, -0.2) is 19.1 Å². The minimum Gasteiger partial charge on any atom is -0.434 e. The molecule has 2 aromatic rings. The van der Waals surface area contributed by atoms with Crippen molar-refractivity contribution in [3.05, 3.63) is 64.5 Å². The summed E-state index contributed by atoms with van der Waals surface area (Å²) in [5, 5.41) is 3.08. The number of nitrogens with one attached hydrogen (secondary N) is 1. The van der Waals surface area contributed by atoms with Crippen LogP contribution in [0.3, 0.4) is 0 Å². The van der Waals surface area contributed by atoms with Crippen molar-refractivity contribution >= 4 is 5.91 Å². The van der Waals surface area contributed by atoms with Gasteiger partial charge in [-0.15, -0.1) is 0 Å². The van der Waals surface area contributed by atoms with Gasteiger partial charge < -0.3 is 15.8 Å². The summed E-state index contributed by atoms with van der Waals surface area (Å²) in [4.78, 5) is 11.7. The molecule has 2 aromatic carbocycles. The van der Waals surface area contributed by atoms with Gasteiger partial charge >= 0.3 is 6.61 Å². The molecular weight excluding hydrogens is 357 g/mol. The van der Waals surface area contributed by atoms with E-state index in [1.807, 2.05) is 13.8 Å². The van der Waals surface area contributed by atoms with E-state index in [2.05, 4.69) is 10.1 Å². The third-order valence-electron chi connectivity index (χ3n) is 4.40. The molecule has 7 heteroatoms. The van der Waals surface area contributed by atoms with Crippen molar-refractivity contribution in [1.29, 1.82) is 0 Å². The SMILES string of the molecule is Cc1cc(CNC[C@H](Cc2ccc(F)cc2)C(N)=O)c(OC(F)F)cc1C. The van der Waals surface area contributed by atoms with Gasteiger partial charge in [-0.05, 0) is 55.2 Å². The summed E-state index contributed by atoms with van der Waals surface area (Å²) in [5.41, 5.74) is 8.61. The van der Waals surface area contributed by atoms with Crippen LogP contribution < -0.4 is 15.8 Å². The van der Waals surface area contributed by atoms with Crippen molar-refractivity contribution < 1.29 is 22.7 Å². The van der Waals surface area contributed by atoms with Crippen LogP contribution in [0.2, 0.25) is 0 Å². The van der Waals surface area contributed by atoms with Crippen molar-refractivity contribution in [2.45, 2.75) is 33.4 Å². The van der Waals surface area contributed by atoms with Crippen molar-refractivity contribution in [3.63, 3.8) is 0 Å². The first kappa shape index (κ1) is 20.8. The molecule has 0 aliphatic rings. The number of rotatable bonds is 9. The molecule has 0 saturated carbocycles. The Morgan fingerprint density at radius 2 is 1.78 bits per heavy atom. The van der Waals surface area contributed by atoms with Gasteiger partial charge in [0.05, 0.1) is 5.92 Å². The first-order chi connectivity index (χ1) is 12.8. The lowest BCUT2D eigenvalue weighted by Gasteiger charge is -2.17. The predicted octanol–water partition coefficient (Wildman–Crippen LogP) is 3.48. The minimum atomic E-state index is -2.91. The highest BCUT2D eigenvalue weighted by Gasteiger charge is 2.17. The average molecular weight is 380 g/mol. The number of carbonyl (C=O) groups excluding carboxylic acids is 1. The zero-order valence-corrected chi connectivity index (χ0v) is 15.3. The van der Waals surface area contributed by atoms with Gasteiger partial charge in [-0.1, -0.05) is 18.2 Å². The third kappa shape index (κ3) is 6.29. The van der Waals surface area contributed by atoms with Crippen LogP contribution in [0.1, 0.15) is 22.3 Å². The van der Waals surface area contributed by atoms with Gasteiger partial charge in [0.1, 0.15) is 11.6 Å². The molecule has 27 heavy (non-hydrogen) atoms. The third-order valence-corrected chi connectivity index (χ3v) is 4.40. The highest BCUT2D eigenvalue weighted by molar-refractivity contribution is 5.77. The fourth-order valence-electron chi connectivity index (χ4n) is 2.75. The van der Waals surface area contributed by atoms with E-state index in [9.17, 15) is 18.0 Å². The molecule has 0 unspecified atom stereocenters. The molecular formula is C20H23F3N2O2. The molecule has 0 radical (unpaired) electrons. The monoisotopic (exact) mass is 380 g/mol. The van der Waals surface area contributed by atoms with Gasteiger partial charge in [-0.25, -0.2) is 4.39 Å². The quantitative estimate of drug-likeness (QED) is 0.700. The molecule has 0 heterocycles. The van der Waals surface area contributed by atoms with Crippen LogP contribution in [-0.2, 0) is 17.8 Å². The maximum absolute atomic E-state index is 13.0. The van der Waals surface area contributed by atoms with Gasteiger partial charge in [0, 0.05) is 18.7 Å². The maximum Gasteiger partial charge on any atom is 0.387 e. The van der Waals surface area contributed by atoms with Crippen LogP contribution in [0, 0.1) is 25.6 Å². The number of ether oxygens (including phenoxy) is 1. The number of benzene rings is 2. The Balaban J connectivity index is 2.03. The molecule has 0 aromatic heterocycles. The van der Waals surface area contributed by atoms with E-state index in [0.29, 0.717) is 12.0 Å². The largest absolute Gasteiger partial charge is 0.434 e. The average Bonchev–Trinajstić information content (AvgIpc) is 2.59. The van der Waals surface area contributed by atoms with E-state index in [1.165, 1.54) is 12.1 Å². The molecule has 0 aliphatic carbocycles. The number of primary amides is 1. The van der Waals surface area contributed by atoms with Gasteiger partial charge in [-0.2, -0.15) is 8.78 Å². The zero-order chi connectivity index (χ0) is 20.0. The number of nitrogens with two attached hydrogens (primary N) is 1. The Morgan fingerprint density at radius 3 is 2.37 bits per heavy atom. The van der Waals surface area contributed by atoms with Crippen LogP contribution in [0.4, 0.5) is 13.2 Å². The number of alkyl halides is 2. The molecule has 2 rings (SSSR count). The Labute approximate surface area is 156 Å². The van der Waals surface area contributed by atoms with E-state index in [1.54, 1.807) is 24.3 Å². The number of carbonyl (C=O) groups is 1. The fourth-order valence-corrected chi connectivity index (χ4v) is 2.75. The highest BCUT2D eigenvalue weighted by Crippen LogP contribution is 2.25. The summed E-state index contributed by atoms with van der Waals surface area (Å²) in [6.45, 7) is 1.29. The van der Waals surface area contributed by atoms with Gasteiger partial charge in [-0.3, -0.25) is 4.79 Å². The zero-order valence-electron chi connectivity index (χ0n) is 15.3. The number of aryl methyl sites for hydroxylation is 2. The lowest BCUT2D eigenvalue weighted by Crippen LogP contribution is -2.34. The predicted molar refractivity (Wildman–Crippen MR) is 97.0 cm³/mol. The normalized spacial score (nSPS) is 12.2. The topological polar surface area (TPSA) is 64.3 Å². The second kappa shape index (κ2) is 9.41. The Bertz CT molecular complexity index is 780. The summed E-state index contributed by atoms with van der Waals surface area (Å²) in [6, 6.07) is 9.20. The number of halogens is 3. The molecule has 1 atom stereocenters. The maximum atomic E-state index is 13.0. The van der Waals surface area contributed by atoms with Gasteiger partial charge in [0.25, 0.3) is 0 Å². The van der Waals surface area contributed by atoms with E-state index >= 15 is 0 Å². The standard InChI is InChI=1S/C20H23F3N2O2/c1-12-7-15(18(8-13(12)2)27-20(22)23)10-25-11-16(19(24)26)9-14-3-5-17(21)6-4-14/h3-8,16,20,25H,9-11H2,1-2H3,(H2,24,26)/t16-/m0/s1. The van der Waals surface area contributed by atoms with E-state index in [-0.39, 0.29) is 24.7 Å². The lowest BCUT2D eigenvalue weighted by atomic mass is 9.98. The van der Waals surface area contributed by atoms with Crippen molar-refractivity contribution in [1.82, 2.24) is 5.32 Å². The second-order valence-electron chi connectivity index (χ2n) is 6.48. The first-order valence-electron chi connectivity index (χ1n) is 8.55.